The summed E-state index contributed by atoms with van der Waals surface area (Å²) in [4.78, 5) is 13.1. The van der Waals surface area contributed by atoms with Gasteiger partial charge in [-0.25, -0.2) is 10.2 Å². The van der Waals surface area contributed by atoms with Gasteiger partial charge in [0.2, 0.25) is 0 Å². The van der Waals surface area contributed by atoms with Gasteiger partial charge in [0, 0.05) is 10.4 Å². The first-order chi connectivity index (χ1) is 12.1. The summed E-state index contributed by atoms with van der Waals surface area (Å²) in [7, 11) is 0. The molecular formula is C17H16N4O3S. The molecule has 0 unspecified atom stereocenters. The van der Waals surface area contributed by atoms with Crippen molar-refractivity contribution in [1.29, 1.82) is 5.26 Å². The average molecular weight is 356 g/mol. The van der Waals surface area contributed by atoms with Crippen LogP contribution in [-0.4, -0.2) is 22.5 Å². The maximum Gasteiger partial charge on any atom is 0.340 e. The van der Waals surface area contributed by atoms with Crippen molar-refractivity contribution in [1.82, 2.24) is 5.43 Å². The predicted octanol–water partition coefficient (Wildman–Crippen LogP) is 3.07. The molecule has 0 saturated heterocycles. The van der Waals surface area contributed by atoms with Crippen molar-refractivity contribution < 1.29 is 15.0 Å². The van der Waals surface area contributed by atoms with E-state index in [9.17, 15) is 20.3 Å². The van der Waals surface area contributed by atoms with E-state index < -0.39 is 6.03 Å². The quantitative estimate of drug-likeness (QED) is 0.384. The number of carbonyl (C=O) groups excluding carboxylic acids is 1. The molecule has 7 nitrogen and oxygen atoms in total. The van der Waals surface area contributed by atoms with Gasteiger partial charge >= 0.3 is 6.03 Å². The van der Waals surface area contributed by atoms with Crippen LogP contribution in [0.3, 0.4) is 0 Å². The number of thiophene rings is 1. The number of hydrazone groups is 1. The number of nitrogens with one attached hydrogen (secondary N) is 2. The van der Waals surface area contributed by atoms with Crippen LogP contribution in [0.15, 0.2) is 23.3 Å². The zero-order valence-corrected chi connectivity index (χ0v) is 14.1. The molecule has 2 amide bonds. The van der Waals surface area contributed by atoms with Crippen LogP contribution in [0, 0.1) is 11.3 Å². The van der Waals surface area contributed by atoms with Gasteiger partial charge in [0.25, 0.3) is 0 Å². The summed E-state index contributed by atoms with van der Waals surface area (Å²) in [5, 5.41) is 35.3. The van der Waals surface area contributed by atoms with E-state index in [4.69, 9.17) is 0 Å². The summed E-state index contributed by atoms with van der Waals surface area (Å²) >= 11 is 1.43. The van der Waals surface area contributed by atoms with Gasteiger partial charge < -0.3 is 10.2 Å². The van der Waals surface area contributed by atoms with Crippen LogP contribution in [0.5, 0.6) is 11.5 Å². The number of anilines is 1. The second kappa shape index (κ2) is 7.23. The summed E-state index contributed by atoms with van der Waals surface area (Å²) in [6.07, 6.45) is 5.18. The van der Waals surface area contributed by atoms with E-state index in [0.717, 1.165) is 36.1 Å². The molecule has 0 atom stereocenters. The van der Waals surface area contributed by atoms with Crippen molar-refractivity contribution >= 4 is 28.6 Å². The predicted molar refractivity (Wildman–Crippen MR) is 95.2 cm³/mol. The summed E-state index contributed by atoms with van der Waals surface area (Å²) in [6, 6.07) is 6.03. The van der Waals surface area contributed by atoms with Crippen LogP contribution >= 0.6 is 11.3 Å². The molecule has 8 heteroatoms. The van der Waals surface area contributed by atoms with Crippen LogP contribution in [0.2, 0.25) is 0 Å². The Kier molecular flexibility index (Phi) is 4.86. The third-order valence-corrected chi connectivity index (χ3v) is 5.13. The standard InChI is InChI=1S/C17H16N4O3S/c18-8-12-11-5-1-2-7-14(11)25-16(12)20-17(24)21-19-9-10-4-3-6-13(22)15(10)23/h3-4,6,9,22-23H,1-2,5,7H2,(H2,20,21,24)/b19-9+. The second-order valence-corrected chi connectivity index (χ2v) is 6.67. The summed E-state index contributed by atoms with van der Waals surface area (Å²) in [5.41, 5.74) is 4.13. The highest BCUT2D eigenvalue weighted by molar-refractivity contribution is 7.16. The fourth-order valence-corrected chi connectivity index (χ4v) is 3.95. The number of carbonyl (C=O) groups is 1. The Morgan fingerprint density at radius 2 is 2.12 bits per heavy atom. The van der Waals surface area contributed by atoms with E-state index in [-0.39, 0.29) is 17.1 Å². The SMILES string of the molecule is N#Cc1c(NC(=O)N/N=C/c2cccc(O)c2O)sc2c1CCCC2. The Hall–Kier alpha value is -3.05. The first-order valence-electron chi connectivity index (χ1n) is 7.75. The van der Waals surface area contributed by atoms with Gasteiger partial charge in [0.1, 0.15) is 11.1 Å². The van der Waals surface area contributed by atoms with E-state index in [1.807, 2.05) is 0 Å². The lowest BCUT2D eigenvalue weighted by atomic mass is 9.96. The minimum atomic E-state index is -0.578. The second-order valence-electron chi connectivity index (χ2n) is 5.57. The normalized spacial score (nSPS) is 13.2. The zero-order valence-electron chi connectivity index (χ0n) is 13.2. The molecule has 0 saturated carbocycles. The number of benzene rings is 1. The molecule has 25 heavy (non-hydrogen) atoms. The fraction of sp³-hybridized carbons (Fsp3) is 0.235. The number of fused-ring (bicyclic) bond motifs is 1. The van der Waals surface area contributed by atoms with Crippen LogP contribution in [0.4, 0.5) is 9.80 Å². The largest absolute Gasteiger partial charge is 0.504 e. The first-order valence-corrected chi connectivity index (χ1v) is 8.57. The van der Waals surface area contributed by atoms with Crippen molar-refractivity contribution in [2.45, 2.75) is 25.7 Å². The number of nitrogens with zero attached hydrogens (tertiary/aromatic N) is 2. The molecule has 0 fully saturated rings. The smallest absolute Gasteiger partial charge is 0.340 e. The summed E-state index contributed by atoms with van der Waals surface area (Å²) < 4.78 is 0. The van der Waals surface area contributed by atoms with Gasteiger partial charge in [0.15, 0.2) is 11.5 Å². The van der Waals surface area contributed by atoms with Crippen molar-refractivity contribution in [2.24, 2.45) is 5.10 Å². The molecule has 1 aliphatic rings. The summed E-state index contributed by atoms with van der Waals surface area (Å²) in [5.74, 6) is -0.581. The van der Waals surface area contributed by atoms with Gasteiger partial charge in [-0.3, -0.25) is 5.32 Å². The molecule has 0 spiro atoms. The van der Waals surface area contributed by atoms with Crippen LogP contribution in [0.25, 0.3) is 0 Å². The third-order valence-electron chi connectivity index (χ3n) is 3.93. The molecule has 0 radical (unpaired) electrons. The van der Waals surface area contributed by atoms with E-state index in [2.05, 4.69) is 21.9 Å². The number of para-hydroxylation sites is 1. The van der Waals surface area contributed by atoms with Gasteiger partial charge in [0.05, 0.1) is 11.8 Å². The lowest BCUT2D eigenvalue weighted by Crippen LogP contribution is -2.24. The molecule has 3 rings (SSSR count). The molecule has 2 aromatic rings. The van der Waals surface area contributed by atoms with E-state index in [0.29, 0.717) is 10.6 Å². The zero-order chi connectivity index (χ0) is 17.8. The fourth-order valence-electron chi connectivity index (χ4n) is 2.72. The molecule has 4 N–H and O–H groups in total. The lowest BCUT2D eigenvalue weighted by molar-refractivity contribution is 0.252. The first kappa shape index (κ1) is 16.8. The highest BCUT2D eigenvalue weighted by Gasteiger charge is 2.21. The van der Waals surface area contributed by atoms with Crippen molar-refractivity contribution in [2.75, 3.05) is 5.32 Å². The minimum absolute atomic E-state index is 0.267. The monoisotopic (exact) mass is 356 g/mol. The Labute approximate surface area is 148 Å². The molecule has 1 aliphatic carbocycles. The van der Waals surface area contributed by atoms with Gasteiger partial charge in [-0.2, -0.15) is 10.4 Å². The minimum Gasteiger partial charge on any atom is -0.504 e. The number of phenolic OH excluding ortho intramolecular Hbond substituents is 2. The topological polar surface area (TPSA) is 118 Å². The number of rotatable bonds is 3. The van der Waals surface area contributed by atoms with Crippen molar-refractivity contribution in [3.63, 3.8) is 0 Å². The lowest BCUT2D eigenvalue weighted by Gasteiger charge is -2.09. The van der Waals surface area contributed by atoms with Gasteiger partial charge in [-0.1, -0.05) is 6.07 Å². The molecule has 1 heterocycles. The number of phenols is 2. The molecule has 1 aromatic heterocycles. The number of aromatic hydroxyl groups is 2. The van der Waals surface area contributed by atoms with Crippen molar-refractivity contribution in [3.8, 4) is 17.6 Å². The Morgan fingerprint density at radius 3 is 2.92 bits per heavy atom. The molecule has 128 valence electrons. The molecular weight excluding hydrogens is 340 g/mol. The van der Waals surface area contributed by atoms with Gasteiger partial charge in [-0.15, -0.1) is 11.3 Å². The van der Waals surface area contributed by atoms with E-state index in [1.165, 1.54) is 23.6 Å². The molecule has 1 aromatic carbocycles. The van der Waals surface area contributed by atoms with E-state index >= 15 is 0 Å². The number of nitriles is 1. The van der Waals surface area contributed by atoms with Crippen LogP contribution < -0.4 is 10.7 Å². The molecule has 0 bridgehead atoms. The number of aryl methyl sites for hydroxylation is 1. The van der Waals surface area contributed by atoms with Crippen LogP contribution in [-0.2, 0) is 12.8 Å². The number of hydrogen-bond donors (Lipinski definition) is 4. The Balaban J connectivity index is 1.67. The number of amides is 2. The Bertz CT molecular complexity index is 883. The third kappa shape index (κ3) is 3.56. The maximum absolute atomic E-state index is 12.0. The van der Waals surface area contributed by atoms with Crippen molar-refractivity contribution in [3.05, 3.63) is 39.8 Å². The molecule has 0 aliphatic heterocycles. The number of urea groups is 1. The van der Waals surface area contributed by atoms with E-state index in [1.54, 1.807) is 12.1 Å². The number of hydrogen-bond acceptors (Lipinski definition) is 6. The highest BCUT2D eigenvalue weighted by Crippen LogP contribution is 2.37. The average Bonchev–Trinajstić information content (AvgIpc) is 2.95. The summed E-state index contributed by atoms with van der Waals surface area (Å²) in [6.45, 7) is 0. The van der Waals surface area contributed by atoms with Crippen LogP contribution in [0.1, 0.15) is 34.4 Å². The Morgan fingerprint density at radius 1 is 1.32 bits per heavy atom. The highest BCUT2D eigenvalue weighted by atomic mass is 32.1. The van der Waals surface area contributed by atoms with Gasteiger partial charge in [-0.05, 0) is 43.4 Å². The maximum atomic E-state index is 12.0.